The summed E-state index contributed by atoms with van der Waals surface area (Å²) in [6, 6.07) is 20.6. The summed E-state index contributed by atoms with van der Waals surface area (Å²) in [5.74, 6) is -0.620. The number of carboxylic acids is 1. The van der Waals surface area contributed by atoms with E-state index in [2.05, 4.69) is 4.98 Å². The van der Waals surface area contributed by atoms with Crippen LogP contribution in [0.4, 0.5) is 0 Å². The van der Waals surface area contributed by atoms with E-state index in [4.69, 9.17) is 8.83 Å². The Morgan fingerprint density at radius 1 is 0.963 bits per heavy atom. The lowest BCUT2D eigenvalue weighted by Crippen LogP contribution is -1.96. The van der Waals surface area contributed by atoms with Crippen LogP contribution in [-0.4, -0.2) is 16.1 Å². The zero-order chi connectivity index (χ0) is 18.6. The fourth-order valence-corrected chi connectivity index (χ4v) is 3.85. The van der Waals surface area contributed by atoms with Crippen LogP contribution in [0.25, 0.3) is 17.2 Å². The molecule has 7 heteroatoms. The number of thioether (sulfide) groups is 1. The predicted molar refractivity (Wildman–Crippen MR) is 105 cm³/mol. The molecule has 27 heavy (non-hydrogen) atoms. The molecule has 0 unspecified atom stereocenters. The van der Waals surface area contributed by atoms with E-state index in [0.29, 0.717) is 22.0 Å². The maximum Gasteiger partial charge on any atom is 0.342 e. The summed E-state index contributed by atoms with van der Waals surface area (Å²) in [7, 11) is 0. The third-order valence-corrected chi connectivity index (χ3v) is 5.31. The monoisotopic (exact) mass is 395 g/mol. The van der Waals surface area contributed by atoms with Crippen LogP contribution in [0, 0.1) is 0 Å². The fraction of sp³-hybridized carbons (Fsp3) is 0. The number of benzene rings is 2. The number of carbonyl (C=O) groups is 1. The molecule has 0 aliphatic heterocycles. The molecular formula is C20H13NO4S2. The van der Waals surface area contributed by atoms with Crippen LogP contribution in [-0.2, 0) is 4.79 Å². The molecule has 0 bridgehead atoms. The summed E-state index contributed by atoms with van der Waals surface area (Å²) >= 11 is 2.42. The number of para-hydroxylation sites is 2. The number of nitrogens with zero attached hydrogens (tertiary/aromatic N) is 1. The zero-order valence-corrected chi connectivity index (χ0v) is 15.5. The molecule has 0 fully saturated rings. The minimum atomic E-state index is -1.07. The van der Waals surface area contributed by atoms with Gasteiger partial charge in [0.05, 0.1) is 0 Å². The van der Waals surface area contributed by atoms with E-state index in [-0.39, 0.29) is 10.1 Å². The second kappa shape index (κ2) is 7.77. The van der Waals surface area contributed by atoms with E-state index in [1.807, 2.05) is 54.6 Å². The molecule has 134 valence electrons. The number of aromatic nitrogens is 1. The number of hydrogen-bond acceptors (Lipinski definition) is 6. The molecule has 5 nitrogen and oxygen atoms in total. The first-order chi connectivity index (χ1) is 13.2. The van der Waals surface area contributed by atoms with Gasteiger partial charge >= 0.3 is 5.97 Å². The van der Waals surface area contributed by atoms with Crippen molar-refractivity contribution in [1.82, 2.24) is 4.98 Å². The standard InChI is InChI=1S/C20H13NO4S2/c22-19(23)17(27-20-21-15-8-4-5-9-16(15)25-20)12-13-10-11-18(24-13)26-14-6-2-1-3-7-14/h1-12H,(H,22,23)/b17-12+. The summed E-state index contributed by atoms with van der Waals surface area (Å²) in [5.41, 5.74) is 1.30. The van der Waals surface area contributed by atoms with Crippen LogP contribution in [0.15, 0.2) is 95.7 Å². The highest BCUT2D eigenvalue weighted by atomic mass is 32.2. The normalized spacial score (nSPS) is 11.8. The quantitative estimate of drug-likeness (QED) is 0.327. The summed E-state index contributed by atoms with van der Waals surface area (Å²) in [6.45, 7) is 0. The van der Waals surface area contributed by atoms with Crippen molar-refractivity contribution < 1.29 is 18.7 Å². The van der Waals surface area contributed by atoms with Crippen molar-refractivity contribution in [2.45, 2.75) is 15.2 Å². The third-order valence-electron chi connectivity index (χ3n) is 3.52. The molecule has 0 amide bonds. The van der Waals surface area contributed by atoms with Gasteiger partial charge in [0.2, 0.25) is 0 Å². The Bertz CT molecular complexity index is 1080. The van der Waals surface area contributed by atoms with Gasteiger partial charge in [-0.3, -0.25) is 0 Å². The molecule has 2 aromatic carbocycles. The van der Waals surface area contributed by atoms with Crippen molar-refractivity contribution in [3.8, 4) is 0 Å². The molecule has 4 rings (SSSR count). The SMILES string of the molecule is O=C(O)/C(=C\c1ccc(Sc2ccccc2)o1)Sc1nc2ccccc2o1. The molecule has 0 aliphatic carbocycles. The molecule has 0 spiro atoms. The summed E-state index contributed by atoms with van der Waals surface area (Å²) in [6.07, 6.45) is 1.47. The van der Waals surface area contributed by atoms with E-state index in [9.17, 15) is 9.90 Å². The Labute approximate surface area is 163 Å². The second-order valence-electron chi connectivity index (χ2n) is 5.44. The molecular weight excluding hydrogens is 382 g/mol. The second-order valence-corrected chi connectivity index (χ2v) is 7.51. The zero-order valence-electron chi connectivity index (χ0n) is 13.9. The highest BCUT2D eigenvalue weighted by Crippen LogP contribution is 2.33. The maximum absolute atomic E-state index is 11.6. The van der Waals surface area contributed by atoms with Gasteiger partial charge in [0, 0.05) is 11.0 Å². The fourth-order valence-electron chi connectivity index (χ4n) is 2.32. The molecule has 0 saturated heterocycles. The number of carboxylic acid groups (broad SMARTS) is 1. The number of hydrogen-bond donors (Lipinski definition) is 1. The van der Waals surface area contributed by atoms with Crippen LogP contribution in [0.1, 0.15) is 5.76 Å². The maximum atomic E-state index is 11.6. The highest BCUT2D eigenvalue weighted by molar-refractivity contribution is 8.03. The van der Waals surface area contributed by atoms with E-state index in [0.717, 1.165) is 16.7 Å². The average Bonchev–Trinajstić information content (AvgIpc) is 3.28. The lowest BCUT2D eigenvalue weighted by molar-refractivity contribution is -0.131. The number of fused-ring (bicyclic) bond motifs is 1. The van der Waals surface area contributed by atoms with Crippen molar-refractivity contribution in [3.63, 3.8) is 0 Å². The first-order valence-corrected chi connectivity index (χ1v) is 9.62. The Balaban J connectivity index is 1.55. The lowest BCUT2D eigenvalue weighted by atomic mass is 10.3. The molecule has 0 atom stereocenters. The van der Waals surface area contributed by atoms with Crippen molar-refractivity contribution in [2.24, 2.45) is 0 Å². The first kappa shape index (κ1) is 17.5. The van der Waals surface area contributed by atoms with Crippen LogP contribution in [0.2, 0.25) is 0 Å². The Kier molecular flexibility index (Phi) is 5.04. The molecule has 1 N–H and O–H groups in total. The van der Waals surface area contributed by atoms with Crippen LogP contribution >= 0.6 is 23.5 Å². The Morgan fingerprint density at radius 3 is 2.52 bits per heavy atom. The van der Waals surface area contributed by atoms with Gasteiger partial charge in [-0.25, -0.2) is 9.78 Å². The van der Waals surface area contributed by atoms with Crippen molar-refractivity contribution in [3.05, 3.63) is 77.4 Å². The van der Waals surface area contributed by atoms with E-state index in [1.54, 1.807) is 12.1 Å². The van der Waals surface area contributed by atoms with Crippen LogP contribution in [0.5, 0.6) is 0 Å². The molecule has 0 aliphatic rings. The topological polar surface area (TPSA) is 76.5 Å². The van der Waals surface area contributed by atoms with Crippen molar-refractivity contribution in [1.29, 1.82) is 0 Å². The van der Waals surface area contributed by atoms with Gasteiger partial charge in [-0.2, -0.15) is 0 Å². The predicted octanol–water partition coefficient (Wildman–Crippen LogP) is 5.79. The summed E-state index contributed by atoms with van der Waals surface area (Å²) < 4.78 is 11.3. The summed E-state index contributed by atoms with van der Waals surface area (Å²) in [5, 5.41) is 10.5. The van der Waals surface area contributed by atoms with Crippen molar-refractivity contribution in [2.75, 3.05) is 0 Å². The molecule has 0 radical (unpaired) electrons. The third kappa shape index (κ3) is 4.27. The van der Waals surface area contributed by atoms with Crippen LogP contribution in [0.3, 0.4) is 0 Å². The Hall–Kier alpha value is -2.90. The highest BCUT2D eigenvalue weighted by Gasteiger charge is 2.16. The Morgan fingerprint density at radius 2 is 1.74 bits per heavy atom. The number of oxazole rings is 1. The smallest absolute Gasteiger partial charge is 0.342 e. The van der Waals surface area contributed by atoms with Gasteiger partial charge in [0.1, 0.15) is 16.2 Å². The van der Waals surface area contributed by atoms with Crippen LogP contribution < -0.4 is 0 Å². The van der Waals surface area contributed by atoms with Gasteiger partial charge in [-0.15, -0.1) is 0 Å². The number of rotatable bonds is 6. The molecule has 2 heterocycles. The minimum Gasteiger partial charge on any atom is -0.477 e. The number of furan rings is 1. The molecule has 0 saturated carbocycles. The van der Waals surface area contributed by atoms with E-state index < -0.39 is 5.97 Å². The van der Waals surface area contributed by atoms with Crippen molar-refractivity contribution >= 4 is 46.7 Å². The average molecular weight is 395 g/mol. The summed E-state index contributed by atoms with van der Waals surface area (Å²) in [4.78, 5) is 17.0. The van der Waals surface area contributed by atoms with E-state index >= 15 is 0 Å². The molecule has 2 aromatic heterocycles. The minimum absolute atomic E-state index is 0.0622. The largest absolute Gasteiger partial charge is 0.477 e. The first-order valence-electron chi connectivity index (χ1n) is 7.98. The van der Waals surface area contributed by atoms with Gasteiger partial charge < -0.3 is 13.9 Å². The van der Waals surface area contributed by atoms with Gasteiger partial charge in [-0.1, -0.05) is 42.1 Å². The number of aliphatic carboxylic acids is 1. The molecule has 4 aromatic rings. The van der Waals surface area contributed by atoms with Gasteiger partial charge in [0.25, 0.3) is 5.22 Å². The van der Waals surface area contributed by atoms with E-state index in [1.165, 1.54) is 17.8 Å². The van der Waals surface area contributed by atoms with Gasteiger partial charge in [-0.05, 0) is 48.2 Å². The van der Waals surface area contributed by atoms with Gasteiger partial charge in [0.15, 0.2) is 10.7 Å². The lowest BCUT2D eigenvalue weighted by Gasteiger charge is -1.98.